The van der Waals surface area contributed by atoms with Crippen LogP contribution < -0.4 is 11.1 Å². The molecule has 0 spiro atoms. The lowest BCUT2D eigenvalue weighted by molar-refractivity contribution is -0.111. The SMILES string of the molecule is NCc1ccnc(NC(=O)/C=C/c2ccco2)c1. The highest BCUT2D eigenvalue weighted by Crippen LogP contribution is 2.07. The van der Waals surface area contributed by atoms with Gasteiger partial charge in [-0.1, -0.05) is 0 Å². The number of aromatic nitrogens is 1. The molecule has 0 aliphatic carbocycles. The second-order valence-corrected chi connectivity index (χ2v) is 3.59. The summed E-state index contributed by atoms with van der Waals surface area (Å²) in [4.78, 5) is 15.6. The van der Waals surface area contributed by atoms with E-state index in [2.05, 4.69) is 10.3 Å². The molecule has 2 rings (SSSR count). The van der Waals surface area contributed by atoms with Gasteiger partial charge in [0.25, 0.3) is 0 Å². The van der Waals surface area contributed by atoms with Gasteiger partial charge in [-0.2, -0.15) is 0 Å². The fraction of sp³-hybridized carbons (Fsp3) is 0.0769. The summed E-state index contributed by atoms with van der Waals surface area (Å²) >= 11 is 0. The second-order valence-electron chi connectivity index (χ2n) is 3.59. The molecule has 0 fully saturated rings. The molecular weight excluding hydrogens is 230 g/mol. The molecule has 1 amide bonds. The summed E-state index contributed by atoms with van der Waals surface area (Å²) in [5.41, 5.74) is 6.42. The standard InChI is InChI=1S/C13H13N3O2/c14-9-10-5-6-15-12(8-10)16-13(17)4-3-11-2-1-7-18-11/h1-8H,9,14H2,(H,15,16,17)/b4-3+. The van der Waals surface area contributed by atoms with E-state index in [1.807, 2.05) is 0 Å². The van der Waals surface area contributed by atoms with Gasteiger partial charge in [-0.15, -0.1) is 0 Å². The Morgan fingerprint density at radius 1 is 1.50 bits per heavy atom. The van der Waals surface area contributed by atoms with Crippen molar-refractivity contribution in [1.29, 1.82) is 0 Å². The van der Waals surface area contributed by atoms with Gasteiger partial charge in [0.2, 0.25) is 5.91 Å². The zero-order chi connectivity index (χ0) is 12.8. The Balaban J connectivity index is 1.98. The number of carbonyl (C=O) groups is 1. The van der Waals surface area contributed by atoms with Crippen molar-refractivity contribution < 1.29 is 9.21 Å². The maximum atomic E-state index is 11.6. The molecule has 0 aromatic carbocycles. The zero-order valence-corrected chi connectivity index (χ0v) is 9.67. The summed E-state index contributed by atoms with van der Waals surface area (Å²) in [5, 5.41) is 2.64. The van der Waals surface area contributed by atoms with Crippen LogP contribution in [0.25, 0.3) is 6.08 Å². The quantitative estimate of drug-likeness (QED) is 0.802. The largest absolute Gasteiger partial charge is 0.465 e. The minimum absolute atomic E-state index is 0.270. The maximum Gasteiger partial charge on any atom is 0.249 e. The van der Waals surface area contributed by atoms with Crippen LogP contribution in [-0.2, 0) is 11.3 Å². The third-order valence-electron chi connectivity index (χ3n) is 2.25. The van der Waals surface area contributed by atoms with Gasteiger partial charge in [-0.3, -0.25) is 4.79 Å². The van der Waals surface area contributed by atoms with E-state index in [0.717, 1.165) is 5.56 Å². The number of pyridine rings is 1. The summed E-state index contributed by atoms with van der Waals surface area (Å²) in [6.07, 6.45) is 6.12. The molecule has 0 aliphatic heterocycles. The van der Waals surface area contributed by atoms with Crippen molar-refractivity contribution in [3.63, 3.8) is 0 Å². The molecule has 2 aromatic heterocycles. The summed E-state index contributed by atoms with van der Waals surface area (Å²) in [7, 11) is 0. The molecule has 0 radical (unpaired) electrons. The lowest BCUT2D eigenvalue weighted by Gasteiger charge is -2.02. The van der Waals surface area contributed by atoms with Crippen molar-refractivity contribution in [2.45, 2.75) is 6.54 Å². The molecule has 5 nitrogen and oxygen atoms in total. The predicted molar refractivity (Wildman–Crippen MR) is 68.5 cm³/mol. The summed E-state index contributed by atoms with van der Waals surface area (Å²) in [5.74, 6) is 0.828. The molecule has 0 saturated heterocycles. The van der Waals surface area contributed by atoms with E-state index in [4.69, 9.17) is 10.2 Å². The highest BCUT2D eigenvalue weighted by Gasteiger charge is 2.00. The van der Waals surface area contributed by atoms with E-state index in [-0.39, 0.29) is 5.91 Å². The van der Waals surface area contributed by atoms with Gasteiger partial charge in [0.15, 0.2) is 0 Å². The first-order chi connectivity index (χ1) is 8.78. The van der Waals surface area contributed by atoms with Crippen molar-refractivity contribution in [1.82, 2.24) is 4.98 Å². The molecule has 2 aromatic rings. The van der Waals surface area contributed by atoms with Crippen LogP contribution in [0.15, 0.2) is 47.2 Å². The van der Waals surface area contributed by atoms with Gasteiger partial charge in [-0.05, 0) is 35.9 Å². The van der Waals surface area contributed by atoms with Crippen LogP contribution >= 0.6 is 0 Å². The second kappa shape index (κ2) is 5.79. The normalized spacial score (nSPS) is 10.7. The first-order valence-corrected chi connectivity index (χ1v) is 5.45. The van der Waals surface area contributed by atoms with E-state index < -0.39 is 0 Å². The van der Waals surface area contributed by atoms with Gasteiger partial charge >= 0.3 is 0 Å². The smallest absolute Gasteiger partial charge is 0.249 e. The van der Waals surface area contributed by atoms with E-state index in [0.29, 0.717) is 18.1 Å². The fourth-order valence-electron chi connectivity index (χ4n) is 1.38. The number of rotatable bonds is 4. The van der Waals surface area contributed by atoms with Crippen molar-refractivity contribution in [3.8, 4) is 0 Å². The highest BCUT2D eigenvalue weighted by molar-refractivity contribution is 6.01. The number of anilines is 1. The topological polar surface area (TPSA) is 81.1 Å². The summed E-state index contributed by atoms with van der Waals surface area (Å²) in [6, 6.07) is 7.05. The monoisotopic (exact) mass is 243 g/mol. The number of hydrogen-bond acceptors (Lipinski definition) is 4. The zero-order valence-electron chi connectivity index (χ0n) is 9.67. The first-order valence-electron chi connectivity index (χ1n) is 5.45. The Labute approximate surface area is 104 Å². The molecule has 3 N–H and O–H groups in total. The Bertz CT molecular complexity index is 547. The fourth-order valence-corrected chi connectivity index (χ4v) is 1.38. The molecule has 0 aliphatic rings. The van der Waals surface area contributed by atoms with Crippen LogP contribution in [-0.4, -0.2) is 10.9 Å². The van der Waals surface area contributed by atoms with Crippen LogP contribution in [0.2, 0.25) is 0 Å². The third-order valence-corrected chi connectivity index (χ3v) is 2.25. The van der Waals surface area contributed by atoms with Crippen LogP contribution in [0.4, 0.5) is 5.82 Å². The van der Waals surface area contributed by atoms with E-state index in [1.54, 1.807) is 42.8 Å². The molecule has 92 valence electrons. The molecule has 0 unspecified atom stereocenters. The lowest BCUT2D eigenvalue weighted by atomic mass is 10.2. The van der Waals surface area contributed by atoms with Crippen LogP contribution in [0, 0.1) is 0 Å². The summed E-state index contributed by atoms with van der Waals surface area (Å²) < 4.78 is 5.07. The lowest BCUT2D eigenvalue weighted by Crippen LogP contribution is -2.09. The predicted octanol–water partition coefficient (Wildman–Crippen LogP) is 1.79. The van der Waals surface area contributed by atoms with E-state index in [9.17, 15) is 4.79 Å². The Kier molecular flexibility index (Phi) is 3.88. The van der Waals surface area contributed by atoms with E-state index in [1.165, 1.54) is 6.08 Å². The van der Waals surface area contributed by atoms with Crippen molar-refractivity contribution in [3.05, 3.63) is 54.1 Å². The number of nitrogens with one attached hydrogen (secondary N) is 1. The third kappa shape index (κ3) is 3.29. The number of amides is 1. The molecule has 0 atom stereocenters. The molecule has 0 bridgehead atoms. The minimum Gasteiger partial charge on any atom is -0.465 e. The Morgan fingerprint density at radius 2 is 2.39 bits per heavy atom. The van der Waals surface area contributed by atoms with Crippen LogP contribution in [0.5, 0.6) is 0 Å². The average molecular weight is 243 g/mol. The number of furan rings is 1. The maximum absolute atomic E-state index is 11.6. The van der Waals surface area contributed by atoms with Gasteiger partial charge < -0.3 is 15.5 Å². The number of hydrogen-bond donors (Lipinski definition) is 2. The number of nitrogens with two attached hydrogens (primary N) is 1. The molecule has 2 heterocycles. The van der Waals surface area contributed by atoms with Crippen molar-refractivity contribution in [2.75, 3.05) is 5.32 Å². The van der Waals surface area contributed by atoms with Crippen LogP contribution in [0.3, 0.4) is 0 Å². The van der Waals surface area contributed by atoms with Crippen LogP contribution in [0.1, 0.15) is 11.3 Å². The first kappa shape index (κ1) is 12.1. The summed E-state index contributed by atoms with van der Waals surface area (Å²) in [6.45, 7) is 0.410. The van der Waals surface area contributed by atoms with Gasteiger partial charge in [-0.25, -0.2) is 4.98 Å². The molecular formula is C13H13N3O2. The average Bonchev–Trinajstić information content (AvgIpc) is 2.90. The van der Waals surface area contributed by atoms with Gasteiger partial charge in [0.05, 0.1) is 6.26 Å². The Morgan fingerprint density at radius 3 is 3.11 bits per heavy atom. The Hall–Kier alpha value is -2.40. The minimum atomic E-state index is -0.270. The number of carbonyl (C=O) groups excluding carboxylic acids is 1. The van der Waals surface area contributed by atoms with Gasteiger partial charge in [0, 0.05) is 18.8 Å². The molecule has 5 heteroatoms. The molecule has 0 saturated carbocycles. The van der Waals surface area contributed by atoms with Gasteiger partial charge in [0.1, 0.15) is 11.6 Å². The van der Waals surface area contributed by atoms with Crippen molar-refractivity contribution >= 4 is 17.8 Å². The van der Waals surface area contributed by atoms with Crippen molar-refractivity contribution in [2.24, 2.45) is 5.73 Å². The highest BCUT2D eigenvalue weighted by atomic mass is 16.3. The van der Waals surface area contributed by atoms with E-state index >= 15 is 0 Å². The number of nitrogens with zero attached hydrogens (tertiary/aromatic N) is 1. The molecule has 18 heavy (non-hydrogen) atoms.